The highest BCUT2D eigenvalue weighted by Crippen LogP contribution is 2.35. The summed E-state index contributed by atoms with van der Waals surface area (Å²) in [6, 6.07) is 10.2. The Morgan fingerprint density at radius 1 is 0.909 bits per heavy atom. The molecule has 0 bridgehead atoms. The number of nitrogens with zero attached hydrogens (tertiary/aromatic N) is 2. The van der Waals surface area contributed by atoms with Crippen LogP contribution in [0.4, 0.5) is 0 Å². The second-order valence-corrected chi connectivity index (χ2v) is 6.88. The van der Waals surface area contributed by atoms with Crippen molar-refractivity contribution >= 4 is 34.8 Å². The van der Waals surface area contributed by atoms with Crippen LogP contribution in [0.1, 0.15) is 38.6 Å². The van der Waals surface area contributed by atoms with E-state index in [1.165, 1.54) is 38.3 Å². The molecule has 0 spiro atoms. The molecular formula is C23H22N2O8. The molecule has 0 aliphatic carbocycles. The number of esters is 4. The monoisotopic (exact) mass is 454 g/mol. The number of methoxy groups -OCH3 is 4. The van der Waals surface area contributed by atoms with Crippen molar-refractivity contribution < 1.29 is 38.1 Å². The third-order valence-corrected chi connectivity index (χ3v) is 5.14. The van der Waals surface area contributed by atoms with Gasteiger partial charge in [-0.2, -0.15) is 5.10 Å². The van der Waals surface area contributed by atoms with E-state index in [0.717, 1.165) is 7.11 Å². The van der Waals surface area contributed by atoms with Crippen molar-refractivity contribution in [2.75, 3.05) is 28.4 Å². The van der Waals surface area contributed by atoms with Gasteiger partial charge in [-0.3, -0.25) is 9.59 Å². The van der Waals surface area contributed by atoms with E-state index in [2.05, 4.69) is 5.10 Å². The van der Waals surface area contributed by atoms with Gasteiger partial charge in [0, 0.05) is 5.39 Å². The summed E-state index contributed by atoms with van der Waals surface area (Å²) < 4.78 is 20.9. The topological polar surface area (TPSA) is 123 Å². The van der Waals surface area contributed by atoms with E-state index in [1.807, 2.05) is 6.07 Å². The molecule has 172 valence electrons. The Kier molecular flexibility index (Phi) is 7.07. The van der Waals surface area contributed by atoms with Gasteiger partial charge in [-0.15, -0.1) is 0 Å². The van der Waals surface area contributed by atoms with E-state index in [4.69, 9.17) is 18.9 Å². The average molecular weight is 454 g/mol. The maximum absolute atomic E-state index is 12.8. The van der Waals surface area contributed by atoms with Gasteiger partial charge in [0.2, 0.25) is 0 Å². The van der Waals surface area contributed by atoms with Crippen molar-refractivity contribution in [1.29, 1.82) is 0 Å². The average Bonchev–Trinajstić information content (AvgIpc) is 3.30. The molecule has 1 aromatic heterocycles. The molecule has 1 unspecified atom stereocenters. The molecule has 1 heterocycles. The molecular weight excluding hydrogens is 432 g/mol. The van der Waals surface area contributed by atoms with E-state index >= 15 is 0 Å². The minimum absolute atomic E-state index is 0.0915. The molecule has 3 rings (SSSR count). The molecule has 1 atom stereocenters. The first-order valence-corrected chi connectivity index (χ1v) is 9.79. The van der Waals surface area contributed by atoms with Crippen LogP contribution in [0.15, 0.2) is 42.6 Å². The van der Waals surface area contributed by atoms with Crippen molar-refractivity contribution in [2.24, 2.45) is 0 Å². The summed E-state index contributed by atoms with van der Waals surface area (Å²) >= 11 is 0. The zero-order valence-electron chi connectivity index (χ0n) is 18.5. The third kappa shape index (κ3) is 4.40. The minimum Gasteiger partial charge on any atom is -0.469 e. The SMILES string of the molecule is COC(=O)CC(C(=O)OC)c1cc(C(=O)OC)c(C(=O)OC)c2c1cnn2-c1ccccc1. The summed E-state index contributed by atoms with van der Waals surface area (Å²) in [5.41, 5.74) is 0.810. The van der Waals surface area contributed by atoms with Gasteiger partial charge >= 0.3 is 23.9 Å². The summed E-state index contributed by atoms with van der Waals surface area (Å²) in [5.74, 6) is -4.15. The van der Waals surface area contributed by atoms with Crippen LogP contribution in [0.5, 0.6) is 0 Å². The Hall–Kier alpha value is -4.21. The fraction of sp³-hybridized carbons (Fsp3) is 0.261. The molecule has 3 aromatic rings. The van der Waals surface area contributed by atoms with Crippen molar-refractivity contribution in [3.63, 3.8) is 0 Å². The van der Waals surface area contributed by atoms with E-state index in [-0.39, 0.29) is 28.6 Å². The fourth-order valence-electron chi connectivity index (χ4n) is 3.58. The van der Waals surface area contributed by atoms with Crippen LogP contribution in [0.2, 0.25) is 0 Å². The Morgan fingerprint density at radius 2 is 1.58 bits per heavy atom. The molecule has 0 aliphatic rings. The predicted molar refractivity (Wildman–Crippen MR) is 115 cm³/mol. The molecule has 10 nitrogen and oxygen atoms in total. The first-order chi connectivity index (χ1) is 15.9. The number of para-hydroxylation sites is 1. The van der Waals surface area contributed by atoms with E-state index in [1.54, 1.807) is 24.3 Å². The molecule has 10 heteroatoms. The Balaban J connectivity index is 2.46. The number of hydrogen-bond donors (Lipinski definition) is 0. The molecule has 0 N–H and O–H groups in total. The number of fused-ring (bicyclic) bond motifs is 1. The van der Waals surface area contributed by atoms with Crippen molar-refractivity contribution in [1.82, 2.24) is 9.78 Å². The summed E-state index contributed by atoms with van der Waals surface area (Å²) in [7, 11) is 4.72. The quantitative estimate of drug-likeness (QED) is 0.391. The van der Waals surface area contributed by atoms with Crippen LogP contribution >= 0.6 is 0 Å². The number of carbonyl (C=O) groups is 4. The molecule has 0 radical (unpaired) electrons. The first-order valence-electron chi connectivity index (χ1n) is 9.79. The van der Waals surface area contributed by atoms with Gasteiger partial charge in [0.25, 0.3) is 0 Å². The van der Waals surface area contributed by atoms with Crippen LogP contribution in [0, 0.1) is 0 Å². The van der Waals surface area contributed by atoms with E-state index in [0.29, 0.717) is 11.1 Å². The lowest BCUT2D eigenvalue weighted by atomic mass is 9.89. The van der Waals surface area contributed by atoms with Gasteiger partial charge in [-0.1, -0.05) is 18.2 Å². The first kappa shape index (κ1) is 23.5. The van der Waals surface area contributed by atoms with E-state index < -0.39 is 29.8 Å². The molecule has 0 aliphatic heterocycles. The lowest BCUT2D eigenvalue weighted by Crippen LogP contribution is -2.21. The summed E-state index contributed by atoms with van der Waals surface area (Å²) in [6.07, 6.45) is 1.09. The van der Waals surface area contributed by atoms with Crippen molar-refractivity contribution in [3.8, 4) is 5.69 Å². The summed E-state index contributed by atoms with van der Waals surface area (Å²) in [5, 5.41) is 4.74. The van der Waals surface area contributed by atoms with Gasteiger partial charge in [-0.25, -0.2) is 14.3 Å². The summed E-state index contributed by atoms with van der Waals surface area (Å²) in [4.78, 5) is 50.2. The highest BCUT2D eigenvalue weighted by atomic mass is 16.5. The predicted octanol–water partition coefficient (Wildman–Crippen LogP) is 2.42. The minimum atomic E-state index is -1.13. The maximum Gasteiger partial charge on any atom is 0.340 e. The van der Waals surface area contributed by atoms with Crippen LogP contribution in [0.25, 0.3) is 16.6 Å². The van der Waals surface area contributed by atoms with Gasteiger partial charge in [0.1, 0.15) is 5.56 Å². The van der Waals surface area contributed by atoms with Gasteiger partial charge in [-0.05, 0) is 23.8 Å². The number of hydrogen-bond acceptors (Lipinski definition) is 9. The molecule has 0 saturated carbocycles. The number of benzene rings is 2. The number of rotatable bonds is 7. The summed E-state index contributed by atoms with van der Waals surface area (Å²) in [6.45, 7) is 0. The van der Waals surface area contributed by atoms with Gasteiger partial charge < -0.3 is 18.9 Å². The molecule has 0 fully saturated rings. The third-order valence-electron chi connectivity index (χ3n) is 5.14. The van der Waals surface area contributed by atoms with Crippen molar-refractivity contribution in [3.05, 3.63) is 59.3 Å². The normalized spacial score (nSPS) is 11.5. The van der Waals surface area contributed by atoms with Gasteiger partial charge in [0.15, 0.2) is 0 Å². The Morgan fingerprint density at radius 3 is 2.15 bits per heavy atom. The lowest BCUT2D eigenvalue weighted by molar-refractivity contribution is -0.148. The van der Waals surface area contributed by atoms with Gasteiger partial charge in [0.05, 0.1) is 63.7 Å². The van der Waals surface area contributed by atoms with Crippen LogP contribution in [0.3, 0.4) is 0 Å². The van der Waals surface area contributed by atoms with Crippen molar-refractivity contribution in [2.45, 2.75) is 12.3 Å². The van der Waals surface area contributed by atoms with E-state index in [9.17, 15) is 19.2 Å². The molecule has 0 amide bonds. The second kappa shape index (κ2) is 9.94. The van der Waals surface area contributed by atoms with Crippen LogP contribution in [-0.2, 0) is 28.5 Å². The maximum atomic E-state index is 12.8. The second-order valence-electron chi connectivity index (χ2n) is 6.88. The number of aromatic nitrogens is 2. The van der Waals surface area contributed by atoms with Crippen LogP contribution < -0.4 is 0 Å². The highest BCUT2D eigenvalue weighted by molar-refractivity contribution is 6.13. The highest BCUT2D eigenvalue weighted by Gasteiger charge is 2.33. The number of ether oxygens (including phenoxy) is 4. The molecule has 0 saturated heterocycles. The Bertz CT molecular complexity index is 1220. The zero-order chi connectivity index (χ0) is 24.1. The molecule has 33 heavy (non-hydrogen) atoms. The fourth-order valence-corrected chi connectivity index (χ4v) is 3.58. The standard InChI is InChI=1S/C23H22N2O8/c1-30-18(26)11-15(21(27)31-2)14-10-16(22(28)32-3)19(23(29)33-4)20-17(14)12-24-25(20)13-8-6-5-7-9-13/h5-10,12,15H,11H2,1-4H3. The largest absolute Gasteiger partial charge is 0.469 e. The van der Waals surface area contributed by atoms with Crippen LogP contribution in [-0.4, -0.2) is 62.1 Å². The Labute approximate surface area is 189 Å². The zero-order valence-corrected chi connectivity index (χ0v) is 18.5. The molecule has 2 aromatic carbocycles. The number of carbonyl (C=O) groups excluding carboxylic acids is 4. The lowest BCUT2D eigenvalue weighted by Gasteiger charge is -2.18. The smallest absolute Gasteiger partial charge is 0.340 e.